The van der Waals surface area contributed by atoms with Crippen LogP contribution >= 0.6 is 0 Å². The maximum Gasteiger partial charge on any atom is 0.0384 e. The number of benzene rings is 3. The van der Waals surface area contributed by atoms with Gasteiger partial charge in [-0.3, -0.25) is 0 Å². The van der Waals surface area contributed by atoms with Gasteiger partial charge in [-0.25, -0.2) is 0 Å². The molecule has 0 fully saturated rings. The molecule has 1 nitrogen and oxygen atoms in total. The molecule has 0 atom stereocenters. The van der Waals surface area contributed by atoms with Crippen molar-refractivity contribution < 1.29 is 0 Å². The van der Waals surface area contributed by atoms with Crippen molar-refractivity contribution in [2.24, 2.45) is 0 Å². The maximum atomic E-state index is 3.41. The number of hydrogen-bond donors (Lipinski definition) is 1. The van der Waals surface area contributed by atoms with Crippen LogP contribution in [0, 0.1) is 13.8 Å². The lowest BCUT2D eigenvalue weighted by Gasteiger charge is -2.10. The molecule has 1 heteroatoms. The number of nitrogens with one attached hydrogen (secondary N) is 1. The molecule has 0 aliphatic carbocycles. The predicted octanol–water partition coefficient (Wildman–Crippen LogP) is 5.71. The lowest BCUT2D eigenvalue weighted by molar-refractivity contribution is 1.38. The zero-order valence-corrected chi connectivity index (χ0v) is 12.4. The maximum absolute atomic E-state index is 3.41. The fourth-order valence-corrected chi connectivity index (χ4v) is 2.56. The number of para-hydroxylation sites is 1. The van der Waals surface area contributed by atoms with Crippen molar-refractivity contribution in [2.75, 3.05) is 5.32 Å². The molecular weight excluding hydrogens is 254 g/mol. The quantitative estimate of drug-likeness (QED) is 0.644. The van der Waals surface area contributed by atoms with E-state index in [1.54, 1.807) is 0 Å². The second kappa shape index (κ2) is 5.84. The first-order chi connectivity index (χ1) is 10.2. The molecule has 0 unspecified atom stereocenters. The van der Waals surface area contributed by atoms with Gasteiger partial charge in [0.05, 0.1) is 0 Å². The van der Waals surface area contributed by atoms with E-state index in [0.29, 0.717) is 0 Å². The van der Waals surface area contributed by atoms with Gasteiger partial charge in [-0.1, -0.05) is 54.1 Å². The van der Waals surface area contributed by atoms with E-state index < -0.39 is 0 Å². The van der Waals surface area contributed by atoms with E-state index in [1.807, 2.05) is 18.2 Å². The van der Waals surface area contributed by atoms with Crippen LogP contribution in [0.3, 0.4) is 0 Å². The smallest absolute Gasteiger partial charge is 0.0384 e. The highest BCUT2D eigenvalue weighted by Gasteiger charge is 2.02. The molecule has 0 spiro atoms. The SMILES string of the molecule is Cc1ccc(-c2ccc(Nc3ccccc3)cc2)c(C)c1. The second-order valence-electron chi connectivity index (χ2n) is 5.39. The third kappa shape index (κ3) is 3.14. The van der Waals surface area contributed by atoms with Gasteiger partial charge in [0.25, 0.3) is 0 Å². The van der Waals surface area contributed by atoms with E-state index >= 15 is 0 Å². The van der Waals surface area contributed by atoms with E-state index in [2.05, 4.69) is 73.8 Å². The number of anilines is 2. The largest absolute Gasteiger partial charge is 0.356 e. The molecule has 0 bridgehead atoms. The predicted molar refractivity (Wildman–Crippen MR) is 91.1 cm³/mol. The van der Waals surface area contributed by atoms with Crippen LogP contribution in [0.25, 0.3) is 11.1 Å². The number of rotatable bonds is 3. The van der Waals surface area contributed by atoms with Gasteiger partial charge in [-0.15, -0.1) is 0 Å². The molecule has 3 aromatic rings. The Morgan fingerprint density at radius 3 is 2.00 bits per heavy atom. The molecule has 3 rings (SSSR count). The number of hydrogen-bond acceptors (Lipinski definition) is 1. The van der Waals surface area contributed by atoms with Crippen molar-refractivity contribution in [3.63, 3.8) is 0 Å². The molecule has 0 saturated heterocycles. The minimum absolute atomic E-state index is 1.11. The van der Waals surface area contributed by atoms with Crippen molar-refractivity contribution in [1.29, 1.82) is 0 Å². The Morgan fingerprint density at radius 1 is 0.667 bits per heavy atom. The van der Waals surface area contributed by atoms with Gasteiger partial charge in [-0.05, 0) is 54.8 Å². The minimum Gasteiger partial charge on any atom is -0.356 e. The summed E-state index contributed by atoms with van der Waals surface area (Å²) in [5.74, 6) is 0. The Balaban J connectivity index is 1.84. The summed E-state index contributed by atoms with van der Waals surface area (Å²) in [6, 6.07) is 25.4. The summed E-state index contributed by atoms with van der Waals surface area (Å²) in [4.78, 5) is 0. The third-order valence-corrected chi connectivity index (χ3v) is 3.64. The molecule has 0 saturated carbocycles. The standard InChI is InChI=1S/C20H19N/c1-15-8-13-20(16(2)14-15)17-9-11-19(12-10-17)21-18-6-4-3-5-7-18/h3-14,21H,1-2H3. The van der Waals surface area contributed by atoms with E-state index in [9.17, 15) is 0 Å². The third-order valence-electron chi connectivity index (χ3n) is 3.64. The first-order valence-electron chi connectivity index (χ1n) is 7.22. The second-order valence-corrected chi connectivity index (χ2v) is 5.39. The molecular formula is C20H19N. The first kappa shape index (κ1) is 13.4. The Kier molecular flexibility index (Phi) is 3.74. The lowest BCUT2D eigenvalue weighted by Crippen LogP contribution is -1.90. The van der Waals surface area contributed by atoms with Crippen LogP contribution in [-0.4, -0.2) is 0 Å². The van der Waals surface area contributed by atoms with Crippen molar-refractivity contribution in [3.05, 3.63) is 83.9 Å². The summed E-state index contributed by atoms with van der Waals surface area (Å²) in [6.45, 7) is 4.29. The number of aryl methyl sites for hydroxylation is 2. The summed E-state index contributed by atoms with van der Waals surface area (Å²) in [5, 5.41) is 3.41. The minimum atomic E-state index is 1.11. The molecule has 0 aliphatic rings. The van der Waals surface area contributed by atoms with Crippen molar-refractivity contribution in [3.8, 4) is 11.1 Å². The summed E-state index contributed by atoms with van der Waals surface area (Å²) in [5.41, 5.74) is 7.39. The zero-order chi connectivity index (χ0) is 14.7. The monoisotopic (exact) mass is 273 g/mol. The molecule has 0 heterocycles. The average molecular weight is 273 g/mol. The highest BCUT2D eigenvalue weighted by atomic mass is 14.9. The normalized spacial score (nSPS) is 10.4. The van der Waals surface area contributed by atoms with Crippen LogP contribution in [-0.2, 0) is 0 Å². The molecule has 0 amide bonds. The fraction of sp³-hybridized carbons (Fsp3) is 0.100. The topological polar surface area (TPSA) is 12.0 Å². The van der Waals surface area contributed by atoms with Gasteiger partial charge in [0, 0.05) is 11.4 Å². The van der Waals surface area contributed by atoms with Crippen LogP contribution in [0.5, 0.6) is 0 Å². The average Bonchev–Trinajstić information content (AvgIpc) is 2.49. The van der Waals surface area contributed by atoms with E-state index in [0.717, 1.165) is 11.4 Å². The van der Waals surface area contributed by atoms with Crippen molar-refractivity contribution in [1.82, 2.24) is 0 Å². The van der Waals surface area contributed by atoms with Gasteiger partial charge in [0.1, 0.15) is 0 Å². The molecule has 3 aromatic carbocycles. The molecule has 0 aliphatic heterocycles. The molecule has 104 valence electrons. The Bertz CT molecular complexity index is 728. The summed E-state index contributed by atoms with van der Waals surface area (Å²) < 4.78 is 0. The fourth-order valence-electron chi connectivity index (χ4n) is 2.56. The van der Waals surface area contributed by atoms with Crippen LogP contribution in [0.15, 0.2) is 72.8 Å². The first-order valence-corrected chi connectivity index (χ1v) is 7.22. The summed E-state index contributed by atoms with van der Waals surface area (Å²) in [6.07, 6.45) is 0. The van der Waals surface area contributed by atoms with Gasteiger partial charge in [0.15, 0.2) is 0 Å². The van der Waals surface area contributed by atoms with Crippen LogP contribution in [0.2, 0.25) is 0 Å². The zero-order valence-electron chi connectivity index (χ0n) is 12.4. The van der Waals surface area contributed by atoms with E-state index in [4.69, 9.17) is 0 Å². The van der Waals surface area contributed by atoms with E-state index in [1.165, 1.54) is 22.3 Å². The van der Waals surface area contributed by atoms with E-state index in [-0.39, 0.29) is 0 Å². The van der Waals surface area contributed by atoms with Gasteiger partial charge in [0.2, 0.25) is 0 Å². The van der Waals surface area contributed by atoms with Gasteiger partial charge in [-0.2, -0.15) is 0 Å². The highest BCUT2D eigenvalue weighted by Crippen LogP contribution is 2.26. The molecule has 21 heavy (non-hydrogen) atoms. The summed E-state index contributed by atoms with van der Waals surface area (Å²) in [7, 11) is 0. The molecule has 0 aromatic heterocycles. The Morgan fingerprint density at radius 2 is 1.33 bits per heavy atom. The van der Waals surface area contributed by atoms with Crippen LogP contribution in [0.4, 0.5) is 11.4 Å². The highest BCUT2D eigenvalue weighted by molar-refractivity contribution is 5.71. The van der Waals surface area contributed by atoms with Crippen molar-refractivity contribution >= 4 is 11.4 Å². The lowest BCUT2D eigenvalue weighted by atomic mass is 9.98. The molecule has 0 radical (unpaired) electrons. The van der Waals surface area contributed by atoms with Crippen molar-refractivity contribution in [2.45, 2.75) is 13.8 Å². The Hall–Kier alpha value is -2.54. The van der Waals surface area contributed by atoms with Gasteiger partial charge < -0.3 is 5.32 Å². The Labute approximate surface area is 126 Å². The summed E-state index contributed by atoms with van der Waals surface area (Å²) >= 11 is 0. The molecule has 1 N–H and O–H groups in total. The van der Waals surface area contributed by atoms with Crippen LogP contribution in [0.1, 0.15) is 11.1 Å². The van der Waals surface area contributed by atoms with Gasteiger partial charge >= 0.3 is 0 Å². The van der Waals surface area contributed by atoms with Crippen LogP contribution < -0.4 is 5.32 Å².